The number of carboxylic acids is 2. The van der Waals surface area contributed by atoms with Crippen LogP contribution in [0.5, 0.6) is 0 Å². The average Bonchev–Trinajstić information content (AvgIpc) is 2.97. The summed E-state index contributed by atoms with van der Waals surface area (Å²) in [6.45, 7) is 6.88. The number of nitrogens with zero attached hydrogens (tertiary/aromatic N) is 2. The first-order valence-electron chi connectivity index (χ1n) is 9.79. The molecule has 2 aromatic rings. The Bertz CT molecular complexity index is 892. The largest absolute Gasteiger partial charge is 0.473 e. The number of aliphatic carboxylic acids is 2. The molecule has 1 aliphatic rings. The number of halogens is 1. The standard InChI is InChI=1S/C19H26ClN3O.C2H2O4/c1-12-4-5-13(2)18(10-12)23-19(20)17(14(3)22-23)11-21-15-6-8-16(24)9-7-15;3-1(4)2(5)6/h4-5,10,15-16,21,24H,6-9,11H2,1-3H3;(H,3,4)(H,5,6). The van der Waals surface area contributed by atoms with E-state index < -0.39 is 11.9 Å². The maximum Gasteiger partial charge on any atom is 0.414 e. The van der Waals surface area contributed by atoms with Gasteiger partial charge in [-0.2, -0.15) is 5.10 Å². The summed E-state index contributed by atoms with van der Waals surface area (Å²) in [4.78, 5) is 18.2. The summed E-state index contributed by atoms with van der Waals surface area (Å²) < 4.78 is 1.85. The summed E-state index contributed by atoms with van der Waals surface area (Å²) >= 11 is 6.65. The number of carboxylic acid groups (broad SMARTS) is 2. The van der Waals surface area contributed by atoms with Gasteiger partial charge in [0, 0.05) is 18.2 Å². The summed E-state index contributed by atoms with van der Waals surface area (Å²) in [5.41, 5.74) is 5.41. The van der Waals surface area contributed by atoms with Crippen LogP contribution >= 0.6 is 11.6 Å². The summed E-state index contributed by atoms with van der Waals surface area (Å²) in [6.07, 6.45) is 3.67. The minimum atomic E-state index is -1.82. The van der Waals surface area contributed by atoms with Gasteiger partial charge < -0.3 is 20.6 Å². The zero-order valence-electron chi connectivity index (χ0n) is 17.4. The fourth-order valence-electron chi connectivity index (χ4n) is 3.37. The molecular weight excluding hydrogens is 410 g/mol. The monoisotopic (exact) mass is 437 g/mol. The lowest BCUT2D eigenvalue weighted by Crippen LogP contribution is -2.34. The van der Waals surface area contributed by atoms with Crippen molar-refractivity contribution in [3.05, 3.63) is 45.7 Å². The summed E-state index contributed by atoms with van der Waals surface area (Å²) in [6, 6.07) is 6.77. The second-order valence-corrected chi connectivity index (χ2v) is 7.91. The lowest BCUT2D eigenvalue weighted by Gasteiger charge is -2.26. The van der Waals surface area contributed by atoms with Gasteiger partial charge in [0.1, 0.15) is 5.15 Å². The van der Waals surface area contributed by atoms with Gasteiger partial charge in [-0.05, 0) is 63.6 Å². The number of aryl methyl sites for hydroxylation is 3. The van der Waals surface area contributed by atoms with Gasteiger partial charge in [-0.25, -0.2) is 14.3 Å². The van der Waals surface area contributed by atoms with Crippen LogP contribution < -0.4 is 5.32 Å². The molecule has 1 fully saturated rings. The first-order valence-corrected chi connectivity index (χ1v) is 10.2. The molecule has 0 radical (unpaired) electrons. The highest BCUT2D eigenvalue weighted by molar-refractivity contribution is 6.30. The third kappa shape index (κ3) is 6.29. The molecule has 0 bridgehead atoms. The van der Waals surface area contributed by atoms with E-state index in [0.29, 0.717) is 11.2 Å². The van der Waals surface area contributed by atoms with E-state index in [9.17, 15) is 5.11 Å². The lowest BCUT2D eigenvalue weighted by atomic mass is 9.93. The second kappa shape index (κ2) is 10.6. The Labute approximate surface area is 180 Å². The summed E-state index contributed by atoms with van der Waals surface area (Å²) in [5.74, 6) is -3.65. The van der Waals surface area contributed by atoms with Crippen molar-refractivity contribution in [2.75, 3.05) is 0 Å². The lowest BCUT2D eigenvalue weighted by molar-refractivity contribution is -0.159. The van der Waals surface area contributed by atoms with Crippen LogP contribution in [-0.4, -0.2) is 49.2 Å². The Hall–Kier alpha value is -2.42. The molecule has 4 N–H and O–H groups in total. The van der Waals surface area contributed by atoms with E-state index in [4.69, 9.17) is 31.4 Å². The minimum Gasteiger partial charge on any atom is -0.473 e. The van der Waals surface area contributed by atoms with E-state index in [0.717, 1.165) is 54.7 Å². The topological polar surface area (TPSA) is 125 Å². The highest BCUT2D eigenvalue weighted by Crippen LogP contribution is 2.26. The van der Waals surface area contributed by atoms with Crippen LogP contribution in [0.25, 0.3) is 5.69 Å². The zero-order valence-corrected chi connectivity index (χ0v) is 18.1. The molecule has 1 aliphatic carbocycles. The van der Waals surface area contributed by atoms with Gasteiger partial charge in [-0.1, -0.05) is 23.7 Å². The molecule has 0 unspecified atom stereocenters. The highest BCUT2D eigenvalue weighted by Gasteiger charge is 2.21. The van der Waals surface area contributed by atoms with Crippen molar-refractivity contribution in [1.29, 1.82) is 0 Å². The summed E-state index contributed by atoms with van der Waals surface area (Å²) in [7, 11) is 0. The fourth-order valence-corrected chi connectivity index (χ4v) is 3.70. The smallest absolute Gasteiger partial charge is 0.414 e. The van der Waals surface area contributed by atoms with Crippen LogP contribution in [0.1, 0.15) is 48.1 Å². The van der Waals surface area contributed by atoms with Crippen LogP contribution in [0, 0.1) is 20.8 Å². The van der Waals surface area contributed by atoms with Crippen LogP contribution in [0.3, 0.4) is 0 Å². The van der Waals surface area contributed by atoms with Crippen molar-refractivity contribution in [3.63, 3.8) is 0 Å². The highest BCUT2D eigenvalue weighted by atomic mass is 35.5. The molecule has 0 amide bonds. The first-order chi connectivity index (χ1) is 14.1. The molecule has 0 saturated heterocycles. The van der Waals surface area contributed by atoms with Gasteiger partial charge >= 0.3 is 11.9 Å². The van der Waals surface area contributed by atoms with Gasteiger partial charge in [0.05, 0.1) is 17.5 Å². The van der Waals surface area contributed by atoms with Crippen molar-refractivity contribution in [2.45, 2.75) is 65.1 Å². The van der Waals surface area contributed by atoms with Gasteiger partial charge in [0.2, 0.25) is 0 Å². The molecule has 1 heterocycles. The molecular formula is C21H28ClN3O5. The van der Waals surface area contributed by atoms with Crippen molar-refractivity contribution >= 4 is 23.5 Å². The molecule has 9 heteroatoms. The Balaban J connectivity index is 0.000000469. The van der Waals surface area contributed by atoms with Crippen LogP contribution in [0.15, 0.2) is 18.2 Å². The third-order valence-corrected chi connectivity index (χ3v) is 5.55. The quantitative estimate of drug-likeness (QED) is 0.542. The van der Waals surface area contributed by atoms with Crippen molar-refractivity contribution in [1.82, 2.24) is 15.1 Å². The van der Waals surface area contributed by atoms with E-state index >= 15 is 0 Å². The van der Waals surface area contributed by atoms with Crippen molar-refractivity contribution in [2.24, 2.45) is 0 Å². The van der Waals surface area contributed by atoms with Crippen LogP contribution in [-0.2, 0) is 16.1 Å². The number of aromatic nitrogens is 2. The number of hydrogen-bond acceptors (Lipinski definition) is 5. The Morgan fingerprint density at radius 3 is 2.30 bits per heavy atom. The van der Waals surface area contributed by atoms with Gasteiger partial charge in [0.25, 0.3) is 0 Å². The molecule has 30 heavy (non-hydrogen) atoms. The average molecular weight is 438 g/mol. The van der Waals surface area contributed by atoms with Gasteiger partial charge in [-0.15, -0.1) is 0 Å². The van der Waals surface area contributed by atoms with Crippen molar-refractivity contribution < 1.29 is 24.9 Å². The summed E-state index contributed by atoms with van der Waals surface area (Å²) in [5, 5.41) is 33.3. The first kappa shape index (κ1) is 23.9. The number of hydrogen-bond donors (Lipinski definition) is 4. The maximum atomic E-state index is 9.62. The molecule has 164 valence electrons. The van der Waals surface area contributed by atoms with E-state index in [1.807, 2.05) is 11.6 Å². The van der Waals surface area contributed by atoms with E-state index in [-0.39, 0.29) is 6.10 Å². The Kier molecular flexibility index (Phi) is 8.40. The molecule has 0 atom stereocenters. The normalized spacial score (nSPS) is 18.4. The zero-order chi connectivity index (χ0) is 22.4. The van der Waals surface area contributed by atoms with Gasteiger partial charge in [0.15, 0.2) is 0 Å². The number of benzene rings is 1. The van der Waals surface area contributed by atoms with Crippen LogP contribution in [0.4, 0.5) is 0 Å². The molecule has 1 aromatic carbocycles. The molecule has 0 spiro atoms. The minimum absolute atomic E-state index is 0.125. The van der Waals surface area contributed by atoms with Crippen molar-refractivity contribution in [3.8, 4) is 5.69 Å². The number of nitrogens with one attached hydrogen (secondary N) is 1. The molecule has 1 saturated carbocycles. The second-order valence-electron chi connectivity index (χ2n) is 7.55. The third-order valence-electron chi connectivity index (χ3n) is 5.16. The number of aliphatic hydroxyl groups is 1. The molecule has 8 nitrogen and oxygen atoms in total. The molecule has 0 aliphatic heterocycles. The van der Waals surface area contributed by atoms with Gasteiger partial charge in [-0.3, -0.25) is 0 Å². The molecule has 3 rings (SSSR count). The predicted octanol–water partition coefficient (Wildman–Crippen LogP) is 3.00. The number of carbonyl (C=O) groups is 2. The number of aliphatic hydroxyl groups excluding tert-OH is 1. The number of rotatable bonds is 4. The maximum absolute atomic E-state index is 9.62. The van der Waals surface area contributed by atoms with E-state index in [2.05, 4.69) is 42.5 Å². The Morgan fingerprint density at radius 2 is 1.73 bits per heavy atom. The van der Waals surface area contributed by atoms with Crippen LogP contribution in [0.2, 0.25) is 5.15 Å². The molecule has 1 aromatic heterocycles. The predicted molar refractivity (Wildman–Crippen MR) is 113 cm³/mol. The fraction of sp³-hybridized carbons (Fsp3) is 0.476. The van der Waals surface area contributed by atoms with E-state index in [1.165, 1.54) is 5.56 Å². The SMILES string of the molecule is Cc1ccc(C)c(-n2nc(C)c(CNC3CCC(O)CC3)c2Cl)c1.O=C(O)C(=O)O. The van der Waals surface area contributed by atoms with E-state index in [1.54, 1.807) is 0 Å². The Morgan fingerprint density at radius 1 is 1.13 bits per heavy atom.